The second-order valence-corrected chi connectivity index (χ2v) is 7.20. The second-order valence-electron chi connectivity index (χ2n) is 4.85. The van der Waals surface area contributed by atoms with Gasteiger partial charge in [0.15, 0.2) is 6.61 Å². The van der Waals surface area contributed by atoms with Crippen LogP contribution >= 0.6 is 11.6 Å². The van der Waals surface area contributed by atoms with E-state index in [0.29, 0.717) is 19.6 Å². The minimum absolute atomic E-state index is 0.0526. The van der Waals surface area contributed by atoms with Gasteiger partial charge in [0.2, 0.25) is 10.0 Å². The maximum atomic E-state index is 12.8. The number of carbonyl (C=O) groups excluding carboxylic acids is 1. The predicted octanol–water partition coefficient (Wildman–Crippen LogP) is 0.188. The van der Waals surface area contributed by atoms with Crippen LogP contribution in [0, 0.1) is 0 Å². The third-order valence-corrected chi connectivity index (χ3v) is 5.35. The monoisotopic (exact) mass is 347 g/mol. The molecule has 122 valence electrons. The van der Waals surface area contributed by atoms with Gasteiger partial charge in [-0.1, -0.05) is 11.6 Å². The Morgan fingerprint density at radius 1 is 1.36 bits per heavy atom. The Labute approximate surface area is 134 Å². The number of nitrogens with two attached hydrogens (primary N) is 1. The molecule has 22 heavy (non-hydrogen) atoms. The van der Waals surface area contributed by atoms with Gasteiger partial charge in [-0.25, -0.2) is 8.42 Å². The zero-order valence-electron chi connectivity index (χ0n) is 11.9. The highest BCUT2D eigenvalue weighted by Crippen LogP contribution is 2.30. The molecule has 1 aliphatic heterocycles. The summed E-state index contributed by atoms with van der Waals surface area (Å²) in [5, 5.41) is 3.42. The number of rotatable bonds is 5. The standard InChI is InChI=1S/C13H18ClN3O4S/c14-10-2-3-11(21-9-13(15)18)12(8-10)22(19,20)17-6-1-4-16-5-7-17/h2-3,8,16H,1,4-7,9H2,(H2,15,18). The zero-order valence-corrected chi connectivity index (χ0v) is 13.5. The van der Waals surface area contributed by atoms with Crippen LogP contribution in [0.3, 0.4) is 0 Å². The molecule has 3 N–H and O–H groups in total. The van der Waals surface area contributed by atoms with Gasteiger partial charge in [-0.15, -0.1) is 0 Å². The topological polar surface area (TPSA) is 102 Å². The van der Waals surface area contributed by atoms with E-state index in [1.807, 2.05) is 0 Å². The number of sulfonamides is 1. The lowest BCUT2D eigenvalue weighted by Gasteiger charge is -2.21. The lowest BCUT2D eigenvalue weighted by Crippen LogP contribution is -2.34. The molecule has 1 aromatic carbocycles. The summed E-state index contributed by atoms with van der Waals surface area (Å²) in [5.41, 5.74) is 5.03. The minimum Gasteiger partial charge on any atom is -0.482 e. The van der Waals surface area contributed by atoms with E-state index < -0.39 is 22.5 Å². The largest absolute Gasteiger partial charge is 0.482 e. The van der Waals surface area contributed by atoms with Gasteiger partial charge in [-0.05, 0) is 31.2 Å². The number of hydrogen-bond acceptors (Lipinski definition) is 5. The molecule has 0 aliphatic carbocycles. The molecule has 1 amide bonds. The van der Waals surface area contributed by atoms with Gasteiger partial charge in [-0.3, -0.25) is 4.79 Å². The van der Waals surface area contributed by atoms with Crippen LogP contribution < -0.4 is 15.8 Å². The molecule has 0 unspecified atom stereocenters. The van der Waals surface area contributed by atoms with Crippen molar-refractivity contribution >= 4 is 27.5 Å². The molecule has 0 bridgehead atoms. The molecule has 7 nitrogen and oxygen atoms in total. The van der Waals surface area contributed by atoms with Crippen LogP contribution in [0.5, 0.6) is 5.75 Å². The van der Waals surface area contributed by atoms with E-state index in [2.05, 4.69) is 5.32 Å². The fraction of sp³-hybridized carbons (Fsp3) is 0.462. The quantitative estimate of drug-likeness (QED) is 0.791. The molecule has 0 aromatic heterocycles. The van der Waals surface area contributed by atoms with Crippen molar-refractivity contribution in [3.8, 4) is 5.75 Å². The second kappa shape index (κ2) is 7.28. The molecular weight excluding hydrogens is 330 g/mol. The third-order valence-electron chi connectivity index (χ3n) is 3.19. The number of hydrogen-bond donors (Lipinski definition) is 2. The minimum atomic E-state index is -3.75. The molecule has 0 saturated carbocycles. The van der Waals surface area contributed by atoms with E-state index in [-0.39, 0.29) is 15.7 Å². The van der Waals surface area contributed by atoms with Gasteiger partial charge in [0.25, 0.3) is 5.91 Å². The number of nitrogens with zero attached hydrogens (tertiary/aromatic N) is 1. The zero-order chi connectivity index (χ0) is 16.2. The molecule has 1 saturated heterocycles. The number of halogens is 1. The first kappa shape index (κ1) is 17.0. The first-order valence-corrected chi connectivity index (χ1v) is 8.64. The average molecular weight is 348 g/mol. The Kier molecular flexibility index (Phi) is 5.63. The highest BCUT2D eigenvalue weighted by Gasteiger charge is 2.28. The third kappa shape index (κ3) is 4.10. The molecule has 0 spiro atoms. The molecule has 1 heterocycles. The summed E-state index contributed by atoms with van der Waals surface area (Å²) in [4.78, 5) is 10.8. The normalized spacial score (nSPS) is 17.0. The fourth-order valence-corrected chi connectivity index (χ4v) is 4.03. The van der Waals surface area contributed by atoms with Gasteiger partial charge >= 0.3 is 0 Å². The Morgan fingerprint density at radius 2 is 2.14 bits per heavy atom. The Bertz CT molecular complexity index is 643. The van der Waals surface area contributed by atoms with E-state index in [4.69, 9.17) is 22.1 Å². The van der Waals surface area contributed by atoms with Crippen LogP contribution in [0.4, 0.5) is 0 Å². The Hall–Kier alpha value is -1.35. The summed E-state index contributed by atoms with van der Waals surface area (Å²) in [7, 11) is -3.75. The van der Waals surface area contributed by atoms with Crippen LogP contribution in [0.2, 0.25) is 5.02 Å². The maximum absolute atomic E-state index is 12.8. The van der Waals surface area contributed by atoms with Crippen molar-refractivity contribution in [1.82, 2.24) is 9.62 Å². The van der Waals surface area contributed by atoms with Crippen LogP contribution in [-0.2, 0) is 14.8 Å². The molecule has 1 fully saturated rings. The predicted molar refractivity (Wildman–Crippen MR) is 82.4 cm³/mol. The Balaban J connectivity index is 2.35. The molecule has 0 atom stereocenters. The number of amides is 1. The molecule has 1 aliphatic rings. The van der Waals surface area contributed by atoms with Gasteiger partial charge in [-0.2, -0.15) is 4.31 Å². The van der Waals surface area contributed by atoms with Crippen LogP contribution in [0.25, 0.3) is 0 Å². The smallest absolute Gasteiger partial charge is 0.255 e. The Morgan fingerprint density at radius 3 is 2.86 bits per heavy atom. The highest BCUT2D eigenvalue weighted by atomic mass is 35.5. The van der Waals surface area contributed by atoms with Crippen molar-refractivity contribution in [3.05, 3.63) is 23.2 Å². The maximum Gasteiger partial charge on any atom is 0.255 e. The van der Waals surface area contributed by atoms with E-state index in [0.717, 1.165) is 13.0 Å². The van der Waals surface area contributed by atoms with Crippen molar-refractivity contribution in [1.29, 1.82) is 0 Å². The van der Waals surface area contributed by atoms with Gasteiger partial charge < -0.3 is 15.8 Å². The van der Waals surface area contributed by atoms with Crippen molar-refractivity contribution < 1.29 is 17.9 Å². The van der Waals surface area contributed by atoms with E-state index in [1.54, 1.807) is 0 Å². The summed E-state index contributed by atoms with van der Waals surface area (Å²) in [5.74, 6) is -0.613. The molecule has 0 radical (unpaired) electrons. The first-order chi connectivity index (χ1) is 10.4. The number of nitrogens with one attached hydrogen (secondary N) is 1. The van der Waals surface area contributed by atoms with Gasteiger partial charge in [0.1, 0.15) is 10.6 Å². The van der Waals surface area contributed by atoms with Crippen molar-refractivity contribution in [2.75, 3.05) is 32.8 Å². The first-order valence-electron chi connectivity index (χ1n) is 6.83. The fourth-order valence-electron chi connectivity index (χ4n) is 2.15. The van der Waals surface area contributed by atoms with Crippen LogP contribution in [0.1, 0.15) is 6.42 Å². The highest BCUT2D eigenvalue weighted by molar-refractivity contribution is 7.89. The van der Waals surface area contributed by atoms with Crippen molar-refractivity contribution in [3.63, 3.8) is 0 Å². The number of carbonyl (C=O) groups is 1. The number of benzene rings is 1. The van der Waals surface area contributed by atoms with Gasteiger partial charge in [0, 0.05) is 24.7 Å². The summed E-state index contributed by atoms with van der Waals surface area (Å²) >= 11 is 5.91. The average Bonchev–Trinajstić information content (AvgIpc) is 2.75. The molecule has 2 rings (SSSR count). The van der Waals surface area contributed by atoms with E-state index in [1.165, 1.54) is 22.5 Å². The summed E-state index contributed by atoms with van der Waals surface area (Å²) in [6.45, 7) is 1.73. The molecule has 1 aromatic rings. The lowest BCUT2D eigenvalue weighted by molar-refractivity contribution is -0.120. The SMILES string of the molecule is NC(=O)COc1ccc(Cl)cc1S(=O)(=O)N1CCCNCC1. The summed E-state index contributed by atoms with van der Waals surface area (Å²) in [6, 6.07) is 4.25. The van der Waals surface area contributed by atoms with Gasteiger partial charge in [0.05, 0.1) is 0 Å². The lowest BCUT2D eigenvalue weighted by atomic mass is 10.3. The van der Waals surface area contributed by atoms with Crippen molar-refractivity contribution in [2.45, 2.75) is 11.3 Å². The number of primary amides is 1. The molecule has 9 heteroatoms. The van der Waals surface area contributed by atoms with Crippen LogP contribution in [-0.4, -0.2) is 51.4 Å². The summed E-state index contributed by atoms with van der Waals surface area (Å²) < 4.78 is 32.2. The molecular formula is C13H18ClN3O4S. The van der Waals surface area contributed by atoms with E-state index >= 15 is 0 Å². The number of ether oxygens (including phenoxy) is 1. The van der Waals surface area contributed by atoms with Crippen LogP contribution in [0.15, 0.2) is 23.1 Å². The van der Waals surface area contributed by atoms with E-state index in [9.17, 15) is 13.2 Å². The van der Waals surface area contributed by atoms with Crippen molar-refractivity contribution in [2.24, 2.45) is 5.73 Å². The summed E-state index contributed by atoms with van der Waals surface area (Å²) in [6.07, 6.45) is 0.720.